The lowest BCUT2D eigenvalue weighted by molar-refractivity contribution is 0.103. The molecule has 0 fully saturated rings. The van der Waals surface area contributed by atoms with Gasteiger partial charge < -0.3 is 0 Å². The van der Waals surface area contributed by atoms with Crippen molar-refractivity contribution < 1.29 is 14.4 Å². The summed E-state index contributed by atoms with van der Waals surface area (Å²) in [5.41, 5.74) is 5.41. The zero-order chi connectivity index (χ0) is 49.6. The van der Waals surface area contributed by atoms with Crippen LogP contribution in [0.3, 0.4) is 0 Å². The SMILES string of the molecule is O=C(/C=C/c1ccc(Br)cc1)c1ccc(-n2nnnc2-c2nc(-c3nnnn3-c3ccc(C(=O)/C=C/c4ccc(Br)cc4)cc3)nc(-c3nnnn3-c3ccc(C(=O)/C=C/c4ccc(Br)cc4)cc3)n2)cc1. The van der Waals surface area contributed by atoms with E-state index in [2.05, 4.69) is 94.4 Å². The third kappa shape index (κ3) is 10.7. The third-order valence-electron chi connectivity index (χ3n) is 10.7. The van der Waals surface area contributed by atoms with Crippen molar-refractivity contribution >= 4 is 83.4 Å². The smallest absolute Gasteiger partial charge is 0.224 e. The Morgan fingerprint density at radius 3 is 0.847 bits per heavy atom. The molecule has 348 valence electrons. The van der Waals surface area contributed by atoms with Gasteiger partial charge in [0.15, 0.2) is 17.3 Å². The zero-order valence-electron chi connectivity index (χ0n) is 36.9. The van der Waals surface area contributed by atoms with E-state index in [1.807, 2.05) is 72.8 Å². The van der Waals surface area contributed by atoms with Gasteiger partial charge in [0.05, 0.1) is 17.1 Å². The number of rotatable bonds is 15. The molecular weight excluding hydrogens is 1110 g/mol. The van der Waals surface area contributed by atoms with Crippen LogP contribution in [0.2, 0.25) is 0 Å². The number of hydrogen-bond acceptors (Lipinski definition) is 15. The molecule has 0 atom stereocenters. The molecule has 0 amide bonds. The number of allylic oxidation sites excluding steroid dienone is 3. The first kappa shape index (κ1) is 46.9. The Hall–Kier alpha value is -8.79. The van der Waals surface area contributed by atoms with Crippen molar-refractivity contribution in [2.45, 2.75) is 0 Å². The van der Waals surface area contributed by atoms with Crippen LogP contribution >= 0.6 is 47.8 Å². The summed E-state index contributed by atoms with van der Waals surface area (Å²) in [4.78, 5) is 53.8. The Balaban J connectivity index is 0.984. The molecule has 0 unspecified atom stereocenters. The minimum Gasteiger partial charge on any atom is -0.289 e. The number of nitrogens with zero attached hydrogens (tertiary/aromatic N) is 15. The molecule has 6 aromatic carbocycles. The number of carbonyl (C=O) groups excluding carboxylic acids is 3. The average molecular weight is 1140 g/mol. The quantitative estimate of drug-likeness (QED) is 0.0689. The van der Waals surface area contributed by atoms with Crippen molar-refractivity contribution in [3.8, 4) is 52.0 Å². The van der Waals surface area contributed by atoms with Gasteiger partial charge in [0.1, 0.15) is 0 Å². The normalized spacial score (nSPS) is 11.5. The Labute approximate surface area is 433 Å². The van der Waals surface area contributed by atoms with Crippen LogP contribution in [0.4, 0.5) is 0 Å². The van der Waals surface area contributed by atoms with Crippen molar-refractivity contribution in [3.05, 3.63) is 211 Å². The largest absolute Gasteiger partial charge is 0.289 e. The summed E-state index contributed by atoms with van der Waals surface area (Å²) in [6, 6.07) is 42.9. The number of tetrazole rings is 3. The van der Waals surface area contributed by atoms with Gasteiger partial charge in [0.25, 0.3) is 0 Å². The van der Waals surface area contributed by atoms with E-state index in [4.69, 9.17) is 15.0 Å². The average Bonchev–Trinajstić information content (AvgIpc) is 4.23. The number of halogens is 3. The van der Waals surface area contributed by atoms with Crippen molar-refractivity contribution in [3.63, 3.8) is 0 Å². The molecule has 10 rings (SSSR count). The number of carbonyl (C=O) groups is 3. The molecule has 0 aliphatic carbocycles. The highest BCUT2D eigenvalue weighted by Gasteiger charge is 2.25. The predicted molar refractivity (Wildman–Crippen MR) is 277 cm³/mol. The molecule has 0 N–H and O–H groups in total. The van der Waals surface area contributed by atoms with E-state index in [1.54, 1.807) is 91.0 Å². The first-order valence-electron chi connectivity index (χ1n) is 21.5. The van der Waals surface area contributed by atoms with Crippen LogP contribution in [0.25, 0.3) is 70.2 Å². The van der Waals surface area contributed by atoms with E-state index in [9.17, 15) is 14.4 Å². The fourth-order valence-corrected chi connectivity index (χ4v) is 7.80. The summed E-state index contributed by atoms with van der Waals surface area (Å²) in [6.45, 7) is 0. The van der Waals surface area contributed by atoms with Crippen molar-refractivity contribution in [1.82, 2.24) is 75.6 Å². The summed E-state index contributed by atoms with van der Waals surface area (Å²) in [6.07, 6.45) is 9.75. The second-order valence-electron chi connectivity index (χ2n) is 15.4. The summed E-state index contributed by atoms with van der Waals surface area (Å²) >= 11 is 10.3. The second-order valence-corrected chi connectivity index (χ2v) is 18.2. The minimum atomic E-state index is -0.201. The molecule has 4 heterocycles. The highest BCUT2D eigenvalue weighted by molar-refractivity contribution is 9.11. The maximum atomic E-state index is 13.1. The highest BCUT2D eigenvalue weighted by atomic mass is 79.9. The minimum absolute atomic E-state index is 0.0151. The van der Waals surface area contributed by atoms with Gasteiger partial charge in [-0.1, -0.05) is 102 Å². The fraction of sp³-hybridized carbons (Fsp3) is 0. The molecule has 0 aliphatic rings. The Bertz CT molecular complexity index is 3300. The van der Waals surface area contributed by atoms with Gasteiger partial charge in [0, 0.05) is 30.1 Å². The number of hydrogen-bond donors (Lipinski definition) is 0. The first-order chi connectivity index (χ1) is 35.1. The van der Waals surface area contributed by atoms with Crippen LogP contribution in [0, 0.1) is 0 Å². The van der Waals surface area contributed by atoms with E-state index >= 15 is 0 Å². The van der Waals surface area contributed by atoms with Crippen LogP contribution in [0.5, 0.6) is 0 Å². The molecule has 0 radical (unpaired) electrons. The van der Waals surface area contributed by atoms with Crippen LogP contribution in [0.1, 0.15) is 47.8 Å². The second kappa shape index (κ2) is 21.1. The molecule has 72 heavy (non-hydrogen) atoms. The van der Waals surface area contributed by atoms with E-state index in [0.717, 1.165) is 30.1 Å². The van der Waals surface area contributed by atoms with Crippen LogP contribution < -0.4 is 0 Å². The molecule has 0 aliphatic heterocycles. The van der Waals surface area contributed by atoms with Crippen LogP contribution in [-0.4, -0.2) is 92.9 Å². The molecule has 10 aromatic rings. The topological polar surface area (TPSA) is 221 Å². The van der Waals surface area contributed by atoms with Gasteiger partial charge in [-0.05, 0) is 175 Å². The van der Waals surface area contributed by atoms with Crippen LogP contribution in [-0.2, 0) is 0 Å². The maximum absolute atomic E-state index is 13.1. The Morgan fingerprint density at radius 1 is 0.347 bits per heavy atom. The van der Waals surface area contributed by atoms with Gasteiger partial charge in [-0.3, -0.25) is 14.4 Å². The van der Waals surface area contributed by atoms with E-state index in [-0.39, 0.29) is 52.3 Å². The standard InChI is InChI=1S/C51H30Br3N15O3/c52-37-16-1-31(2-17-37)7-28-43(70)34-10-22-40(23-11-34)67-49(58-61-64-67)46-55-47(50-59-62-65-68(50)41-24-12-35(13-25-41)44(71)29-8-32-3-18-38(53)19-4-32)57-48(56-46)51-60-63-66-69(51)42-26-14-36(15-27-42)45(72)30-9-33-5-20-39(54)21-6-33/h1-30H/b28-7+,29-8+,30-9+. The lowest BCUT2D eigenvalue weighted by Gasteiger charge is -2.09. The van der Waals surface area contributed by atoms with E-state index in [0.29, 0.717) is 33.8 Å². The van der Waals surface area contributed by atoms with Gasteiger partial charge >= 0.3 is 0 Å². The predicted octanol–water partition coefficient (Wildman–Crippen LogP) is 9.78. The van der Waals surface area contributed by atoms with Gasteiger partial charge in [-0.2, -0.15) is 14.0 Å². The Morgan fingerprint density at radius 2 is 0.597 bits per heavy atom. The van der Waals surface area contributed by atoms with Gasteiger partial charge in [0.2, 0.25) is 34.9 Å². The summed E-state index contributed by atoms with van der Waals surface area (Å²) in [5, 5.41) is 37.5. The molecule has 18 nitrogen and oxygen atoms in total. The summed E-state index contributed by atoms with van der Waals surface area (Å²) < 4.78 is 7.02. The van der Waals surface area contributed by atoms with Gasteiger partial charge in [-0.15, -0.1) is 15.3 Å². The molecule has 0 saturated heterocycles. The monoisotopic (exact) mass is 1140 g/mol. The first-order valence-corrected chi connectivity index (χ1v) is 23.9. The number of aromatic nitrogens is 15. The van der Waals surface area contributed by atoms with Crippen molar-refractivity contribution in [2.24, 2.45) is 0 Å². The van der Waals surface area contributed by atoms with E-state index in [1.165, 1.54) is 32.3 Å². The van der Waals surface area contributed by atoms with E-state index < -0.39 is 0 Å². The molecule has 21 heteroatoms. The maximum Gasteiger partial charge on any atom is 0.224 e. The molecule has 4 aromatic heterocycles. The molecule has 0 saturated carbocycles. The zero-order valence-corrected chi connectivity index (χ0v) is 41.6. The van der Waals surface area contributed by atoms with Crippen LogP contribution in [0.15, 0.2) is 177 Å². The number of ketones is 3. The summed E-state index contributed by atoms with van der Waals surface area (Å²) in [7, 11) is 0. The highest BCUT2D eigenvalue weighted by Crippen LogP contribution is 2.26. The summed E-state index contributed by atoms with van der Waals surface area (Å²) in [5.74, 6) is -0.383. The molecular formula is C51H30Br3N15O3. The number of benzene rings is 6. The fourth-order valence-electron chi connectivity index (χ4n) is 7.00. The lowest BCUT2D eigenvalue weighted by atomic mass is 10.1. The van der Waals surface area contributed by atoms with Crippen molar-refractivity contribution in [2.75, 3.05) is 0 Å². The molecule has 0 spiro atoms. The Kier molecular flexibility index (Phi) is 13.7. The lowest BCUT2D eigenvalue weighted by Crippen LogP contribution is -2.10. The van der Waals surface area contributed by atoms with Crippen molar-refractivity contribution in [1.29, 1.82) is 0 Å². The third-order valence-corrected chi connectivity index (χ3v) is 12.3. The van der Waals surface area contributed by atoms with Gasteiger partial charge in [-0.25, -0.2) is 15.0 Å². The molecule has 0 bridgehead atoms.